The number of esters is 1. The van der Waals surface area contributed by atoms with E-state index in [1.807, 2.05) is 37.3 Å². The fourth-order valence-electron chi connectivity index (χ4n) is 1.63. The second-order valence-corrected chi connectivity index (χ2v) is 4.63. The van der Waals surface area contributed by atoms with Crippen LogP contribution in [0.3, 0.4) is 0 Å². The Balaban J connectivity index is 2.74. The Morgan fingerprint density at radius 1 is 1.38 bits per heavy atom. The van der Waals surface area contributed by atoms with Gasteiger partial charge in [0, 0.05) is 0 Å². The highest BCUT2D eigenvalue weighted by atomic mass is 127. The van der Waals surface area contributed by atoms with E-state index in [0.29, 0.717) is 6.61 Å². The molecule has 0 aromatic heterocycles. The van der Waals surface area contributed by atoms with Gasteiger partial charge in [0.1, 0.15) is 0 Å². The minimum absolute atomic E-state index is 0.0986. The molecule has 0 bridgehead atoms. The van der Waals surface area contributed by atoms with Gasteiger partial charge in [0.2, 0.25) is 0 Å². The predicted molar refractivity (Wildman–Crippen MR) is 73.9 cm³/mol. The quantitative estimate of drug-likeness (QED) is 0.452. The highest BCUT2D eigenvalue weighted by Crippen LogP contribution is 2.23. The Hall–Kier alpha value is -0.580. The molecule has 0 heterocycles. The standard InChI is InChI=1S/C13H17IO2/c1-2-16-13(15)12(9-6-10-14)11-7-4-3-5-8-11/h3-5,7-8,12H,2,6,9-10H2,1H3. The van der Waals surface area contributed by atoms with Crippen LogP contribution in [0.1, 0.15) is 31.2 Å². The normalized spacial score (nSPS) is 12.1. The lowest BCUT2D eigenvalue weighted by molar-refractivity contribution is -0.145. The molecule has 0 aliphatic rings. The van der Waals surface area contributed by atoms with Gasteiger partial charge in [0.15, 0.2) is 0 Å². The first-order chi connectivity index (χ1) is 7.79. The van der Waals surface area contributed by atoms with E-state index in [0.717, 1.165) is 22.8 Å². The van der Waals surface area contributed by atoms with Crippen molar-refractivity contribution in [3.05, 3.63) is 35.9 Å². The summed E-state index contributed by atoms with van der Waals surface area (Å²) in [4.78, 5) is 11.8. The van der Waals surface area contributed by atoms with Crippen LogP contribution in [0.25, 0.3) is 0 Å². The summed E-state index contributed by atoms with van der Waals surface area (Å²) in [6.45, 7) is 2.30. The lowest BCUT2D eigenvalue weighted by atomic mass is 9.95. The highest BCUT2D eigenvalue weighted by Gasteiger charge is 2.20. The van der Waals surface area contributed by atoms with E-state index in [2.05, 4.69) is 22.6 Å². The number of benzene rings is 1. The molecule has 3 heteroatoms. The zero-order chi connectivity index (χ0) is 11.8. The van der Waals surface area contributed by atoms with Gasteiger partial charge in [-0.05, 0) is 29.8 Å². The van der Waals surface area contributed by atoms with E-state index >= 15 is 0 Å². The molecule has 2 nitrogen and oxygen atoms in total. The van der Waals surface area contributed by atoms with E-state index in [9.17, 15) is 4.79 Å². The molecule has 1 aromatic rings. The van der Waals surface area contributed by atoms with Crippen LogP contribution in [0.2, 0.25) is 0 Å². The maximum Gasteiger partial charge on any atom is 0.313 e. The molecule has 0 aliphatic carbocycles. The average Bonchev–Trinajstić information content (AvgIpc) is 2.31. The van der Waals surface area contributed by atoms with Gasteiger partial charge < -0.3 is 4.74 Å². The first kappa shape index (κ1) is 13.5. The maximum atomic E-state index is 11.8. The molecule has 88 valence electrons. The molecule has 16 heavy (non-hydrogen) atoms. The van der Waals surface area contributed by atoms with Crippen LogP contribution < -0.4 is 0 Å². The number of carbonyl (C=O) groups excluding carboxylic acids is 1. The molecule has 0 aliphatic heterocycles. The maximum absolute atomic E-state index is 11.8. The number of rotatable bonds is 6. The summed E-state index contributed by atoms with van der Waals surface area (Å²) in [7, 11) is 0. The van der Waals surface area contributed by atoms with Gasteiger partial charge >= 0.3 is 5.97 Å². The zero-order valence-electron chi connectivity index (χ0n) is 9.49. The van der Waals surface area contributed by atoms with Crippen molar-refractivity contribution in [1.82, 2.24) is 0 Å². The second-order valence-electron chi connectivity index (χ2n) is 3.55. The minimum Gasteiger partial charge on any atom is -0.466 e. The molecule has 0 amide bonds. The van der Waals surface area contributed by atoms with Crippen molar-refractivity contribution in [3.63, 3.8) is 0 Å². The van der Waals surface area contributed by atoms with Crippen molar-refractivity contribution in [1.29, 1.82) is 0 Å². The smallest absolute Gasteiger partial charge is 0.313 e. The molecule has 0 saturated heterocycles. The van der Waals surface area contributed by atoms with Crippen molar-refractivity contribution in [2.75, 3.05) is 11.0 Å². The SMILES string of the molecule is CCOC(=O)C(CCCI)c1ccccc1. The number of hydrogen-bond acceptors (Lipinski definition) is 2. The van der Waals surface area contributed by atoms with Crippen LogP contribution in [0.5, 0.6) is 0 Å². The summed E-state index contributed by atoms with van der Waals surface area (Å²) < 4.78 is 6.18. The van der Waals surface area contributed by atoms with Gasteiger partial charge in [0.05, 0.1) is 12.5 Å². The van der Waals surface area contributed by atoms with Crippen LogP contribution in [0.15, 0.2) is 30.3 Å². The number of ether oxygens (including phenoxy) is 1. The minimum atomic E-state index is -0.101. The van der Waals surface area contributed by atoms with Crippen LogP contribution in [-0.4, -0.2) is 17.0 Å². The van der Waals surface area contributed by atoms with Crippen LogP contribution in [0, 0.1) is 0 Å². The Morgan fingerprint density at radius 3 is 2.62 bits per heavy atom. The molecule has 1 unspecified atom stereocenters. The molecule has 0 radical (unpaired) electrons. The van der Waals surface area contributed by atoms with Crippen LogP contribution in [-0.2, 0) is 9.53 Å². The third-order valence-electron chi connectivity index (χ3n) is 2.40. The monoisotopic (exact) mass is 332 g/mol. The van der Waals surface area contributed by atoms with Crippen molar-refractivity contribution in [2.24, 2.45) is 0 Å². The molecule has 0 spiro atoms. The van der Waals surface area contributed by atoms with Crippen LogP contribution in [0.4, 0.5) is 0 Å². The van der Waals surface area contributed by atoms with Gasteiger partial charge in [-0.1, -0.05) is 52.9 Å². The largest absolute Gasteiger partial charge is 0.466 e. The predicted octanol–water partition coefficient (Wildman–Crippen LogP) is 3.55. The van der Waals surface area contributed by atoms with Gasteiger partial charge in [0.25, 0.3) is 0 Å². The number of alkyl halides is 1. The third kappa shape index (κ3) is 4.12. The summed E-state index contributed by atoms with van der Waals surface area (Å²) in [5.74, 6) is -0.200. The third-order valence-corrected chi connectivity index (χ3v) is 3.16. The van der Waals surface area contributed by atoms with Gasteiger partial charge in [-0.15, -0.1) is 0 Å². The Bertz CT molecular complexity index is 311. The van der Waals surface area contributed by atoms with Crippen molar-refractivity contribution < 1.29 is 9.53 Å². The first-order valence-corrected chi connectivity index (χ1v) is 7.09. The molecule has 1 rings (SSSR count). The lowest BCUT2D eigenvalue weighted by Crippen LogP contribution is -2.16. The number of halogens is 1. The second kappa shape index (κ2) is 7.65. The van der Waals surface area contributed by atoms with Crippen LogP contribution >= 0.6 is 22.6 Å². The van der Waals surface area contributed by atoms with Crippen molar-refractivity contribution >= 4 is 28.6 Å². The van der Waals surface area contributed by atoms with Crippen molar-refractivity contribution in [3.8, 4) is 0 Å². The summed E-state index contributed by atoms with van der Waals surface area (Å²) in [6, 6.07) is 9.88. The van der Waals surface area contributed by atoms with E-state index in [1.54, 1.807) is 0 Å². The van der Waals surface area contributed by atoms with E-state index in [-0.39, 0.29) is 11.9 Å². The van der Waals surface area contributed by atoms with Gasteiger partial charge in [-0.2, -0.15) is 0 Å². The van der Waals surface area contributed by atoms with E-state index in [4.69, 9.17) is 4.74 Å². The first-order valence-electron chi connectivity index (χ1n) is 5.57. The van der Waals surface area contributed by atoms with Crippen molar-refractivity contribution in [2.45, 2.75) is 25.7 Å². The molecular weight excluding hydrogens is 315 g/mol. The summed E-state index contributed by atoms with van der Waals surface area (Å²) in [5.41, 5.74) is 1.06. The Labute approximate surface area is 111 Å². The fraction of sp³-hybridized carbons (Fsp3) is 0.462. The molecule has 1 aromatic carbocycles. The van der Waals surface area contributed by atoms with Gasteiger partial charge in [-0.25, -0.2) is 0 Å². The Morgan fingerprint density at radius 2 is 2.06 bits per heavy atom. The van der Waals surface area contributed by atoms with Gasteiger partial charge in [-0.3, -0.25) is 4.79 Å². The zero-order valence-corrected chi connectivity index (χ0v) is 11.6. The molecule has 0 saturated carbocycles. The summed E-state index contributed by atoms with van der Waals surface area (Å²) in [5, 5.41) is 0. The highest BCUT2D eigenvalue weighted by molar-refractivity contribution is 14.1. The lowest BCUT2D eigenvalue weighted by Gasteiger charge is -2.15. The molecule has 1 atom stereocenters. The molecule has 0 N–H and O–H groups in total. The molecular formula is C13H17IO2. The topological polar surface area (TPSA) is 26.3 Å². The van der Waals surface area contributed by atoms with E-state index in [1.165, 1.54) is 0 Å². The number of hydrogen-bond donors (Lipinski definition) is 0. The molecule has 0 fully saturated rings. The average molecular weight is 332 g/mol. The Kier molecular flexibility index (Phi) is 6.45. The fourth-order valence-corrected chi connectivity index (χ4v) is 2.07. The number of carbonyl (C=O) groups is 1. The summed E-state index contributed by atoms with van der Waals surface area (Å²) >= 11 is 2.33. The summed E-state index contributed by atoms with van der Waals surface area (Å²) in [6.07, 6.45) is 1.91. The van der Waals surface area contributed by atoms with E-state index < -0.39 is 0 Å².